The Labute approximate surface area is 90.8 Å². The Morgan fingerprint density at radius 2 is 2.07 bits per heavy atom. The molecule has 1 aromatic carbocycles. The molecular formula is C14H16O. The van der Waals surface area contributed by atoms with Gasteiger partial charge in [-0.2, -0.15) is 0 Å². The largest absolute Gasteiger partial charge is 0.300 e. The Morgan fingerprint density at radius 1 is 1.27 bits per heavy atom. The van der Waals surface area contributed by atoms with Gasteiger partial charge in [0.2, 0.25) is 0 Å². The van der Waals surface area contributed by atoms with Crippen LogP contribution in [0.2, 0.25) is 0 Å². The van der Waals surface area contributed by atoms with Crippen molar-refractivity contribution in [1.29, 1.82) is 0 Å². The van der Waals surface area contributed by atoms with Gasteiger partial charge >= 0.3 is 0 Å². The fourth-order valence-electron chi connectivity index (χ4n) is 2.02. The molecule has 2 rings (SSSR count). The number of Topliss-reactive ketones (excluding diaryl/α,β-unsaturated/α-hetero) is 1. The van der Waals surface area contributed by atoms with Crippen LogP contribution in [0.25, 0.3) is 0 Å². The summed E-state index contributed by atoms with van der Waals surface area (Å²) in [6.45, 7) is 0. The molecule has 0 radical (unpaired) electrons. The van der Waals surface area contributed by atoms with Crippen LogP contribution in [0.4, 0.5) is 0 Å². The zero-order valence-corrected chi connectivity index (χ0v) is 8.86. The fraction of sp³-hybridized carbons (Fsp3) is 0.357. The summed E-state index contributed by atoms with van der Waals surface area (Å²) in [7, 11) is 0. The van der Waals surface area contributed by atoms with Crippen LogP contribution in [0.1, 0.15) is 24.8 Å². The number of hydrogen-bond acceptors (Lipinski definition) is 1. The highest BCUT2D eigenvalue weighted by molar-refractivity contribution is 5.80. The molecule has 0 spiro atoms. The molecule has 1 fully saturated rings. The Bertz CT molecular complexity index is 351. The lowest BCUT2D eigenvalue weighted by atomic mass is 10.1. The van der Waals surface area contributed by atoms with E-state index in [1.165, 1.54) is 5.56 Å². The Kier molecular flexibility index (Phi) is 3.33. The van der Waals surface area contributed by atoms with Crippen LogP contribution in [-0.4, -0.2) is 5.78 Å². The third kappa shape index (κ3) is 3.05. The monoisotopic (exact) mass is 200 g/mol. The van der Waals surface area contributed by atoms with E-state index in [1.54, 1.807) is 0 Å². The Balaban J connectivity index is 1.83. The number of rotatable bonds is 3. The minimum absolute atomic E-state index is 0.421. The number of carbonyl (C=O) groups excluding carboxylic acids is 1. The van der Waals surface area contributed by atoms with E-state index < -0.39 is 0 Å². The summed E-state index contributed by atoms with van der Waals surface area (Å²) < 4.78 is 0. The van der Waals surface area contributed by atoms with Crippen LogP contribution < -0.4 is 0 Å². The SMILES string of the molecule is O=C1CC[C@@H](/C=C/Cc2ccccc2)C1. The number of allylic oxidation sites excluding steroid dienone is 2. The van der Waals surface area contributed by atoms with Gasteiger partial charge in [0.15, 0.2) is 0 Å². The lowest BCUT2D eigenvalue weighted by Gasteiger charge is -1.99. The minimum atomic E-state index is 0.421. The van der Waals surface area contributed by atoms with Gasteiger partial charge in [0, 0.05) is 12.8 Å². The van der Waals surface area contributed by atoms with Crippen LogP contribution in [-0.2, 0) is 11.2 Å². The normalized spacial score (nSPS) is 21.3. The number of ketones is 1. The van der Waals surface area contributed by atoms with E-state index in [4.69, 9.17) is 0 Å². The lowest BCUT2D eigenvalue weighted by molar-refractivity contribution is -0.117. The second kappa shape index (κ2) is 4.92. The van der Waals surface area contributed by atoms with E-state index in [0.29, 0.717) is 11.7 Å². The molecule has 0 N–H and O–H groups in total. The molecule has 1 aromatic rings. The molecule has 0 heterocycles. The zero-order chi connectivity index (χ0) is 10.5. The highest BCUT2D eigenvalue weighted by Gasteiger charge is 2.18. The van der Waals surface area contributed by atoms with Gasteiger partial charge in [-0.25, -0.2) is 0 Å². The van der Waals surface area contributed by atoms with Gasteiger partial charge in [0.25, 0.3) is 0 Å². The zero-order valence-electron chi connectivity index (χ0n) is 8.86. The maximum atomic E-state index is 11.1. The topological polar surface area (TPSA) is 17.1 Å². The van der Waals surface area contributed by atoms with Crippen molar-refractivity contribution in [2.75, 3.05) is 0 Å². The lowest BCUT2D eigenvalue weighted by Crippen LogP contribution is -1.90. The predicted octanol–water partition coefficient (Wildman–Crippen LogP) is 3.15. The average molecular weight is 200 g/mol. The standard InChI is InChI=1S/C14H16O/c15-14-10-9-13(11-14)8-4-7-12-5-2-1-3-6-12/h1-6,8,13H,7,9-11H2/b8-4+/t13-/m1/s1. The molecule has 1 heteroatoms. The van der Waals surface area contributed by atoms with Crippen LogP contribution in [0.15, 0.2) is 42.5 Å². The van der Waals surface area contributed by atoms with Crippen molar-refractivity contribution in [1.82, 2.24) is 0 Å². The molecule has 1 atom stereocenters. The molecule has 0 amide bonds. The van der Waals surface area contributed by atoms with E-state index in [9.17, 15) is 4.79 Å². The minimum Gasteiger partial charge on any atom is -0.300 e. The molecule has 0 aromatic heterocycles. The van der Waals surface area contributed by atoms with Crippen LogP contribution in [0.5, 0.6) is 0 Å². The van der Waals surface area contributed by atoms with E-state index in [2.05, 4.69) is 36.4 Å². The number of benzene rings is 1. The molecule has 1 saturated carbocycles. The van der Waals surface area contributed by atoms with Crippen molar-refractivity contribution in [2.24, 2.45) is 5.92 Å². The number of carbonyl (C=O) groups is 1. The summed E-state index contributed by atoms with van der Waals surface area (Å²) in [5.74, 6) is 0.922. The molecule has 0 aliphatic heterocycles. The van der Waals surface area contributed by atoms with Crippen LogP contribution in [0, 0.1) is 5.92 Å². The van der Waals surface area contributed by atoms with Crippen LogP contribution in [0.3, 0.4) is 0 Å². The van der Waals surface area contributed by atoms with E-state index in [1.807, 2.05) is 6.07 Å². The summed E-state index contributed by atoms with van der Waals surface area (Å²) in [5.41, 5.74) is 1.33. The molecular weight excluding hydrogens is 184 g/mol. The van der Waals surface area contributed by atoms with Crippen molar-refractivity contribution in [3.05, 3.63) is 48.0 Å². The van der Waals surface area contributed by atoms with Gasteiger partial charge in [0.05, 0.1) is 0 Å². The molecule has 0 saturated heterocycles. The third-order valence-electron chi connectivity index (χ3n) is 2.89. The summed E-state index contributed by atoms with van der Waals surface area (Å²) in [4.78, 5) is 11.1. The summed E-state index contributed by atoms with van der Waals surface area (Å²) in [6.07, 6.45) is 7.96. The molecule has 1 aliphatic carbocycles. The molecule has 0 bridgehead atoms. The van der Waals surface area contributed by atoms with Gasteiger partial charge in [-0.05, 0) is 24.3 Å². The van der Waals surface area contributed by atoms with E-state index in [0.717, 1.165) is 25.7 Å². The fourth-order valence-corrected chi connectivity index (χ4v) is 2.02. The first kappa shape index (κ1) is 10.2. The first-order chi connectivity index (χ1) is 7.34. The maximum Gasteiger partial charge on any atom is 0.133 e. The smallest absolute Gasteiger partial charge is 0.133 e. The van der Waals surface area contributed by atoms with Gasteiger partial charge in [-0.1, -0.05) is 42.5 Å². The average Bonchev–Trinajstić information content (AvgIpc) is 2.66. The first-order valence-corrected chi connectivity index (χ1v) is 5.57. The quantitative estimate of drug-likeness (QED) is 0.685. The van der Waals surface area contributed by atoms with Crippen molar-refractivity contribution in [3.8, 4) is 0 Å². The van der Waals surface area contributed by atoms with Gasteiger partial charge in [0.1, 0.15) is 5.78 Å². The summed E-state index contributed by atoms with van der Waals surface area (Å²) in [5, 5.41) is 0. The Hall–Kier alpha value is -1.37. The first-order valence-electron chi connectivity index (χ1n) is 5.57. The molecule has 1 aliphatic rings. The second-order valence-electron chi connectivity index (χ2n) is 4.16. The predicted molar refractivity (Wildman–Crippen MR) is 61.6 cm³/mol. The second-order valence-corrected chi connectivity index (χ2v) is 4.16. The van der Waals surface area contributed by atoms with Crippen molar-refractivity contribution >= 4 is 5.78 Å². The highest BCUT2D eigenvalue weighted by atomic mass is 16.1. The van der Waals surface area contributed by atoms with E-state index >= 15 is 0 Å². The van der Waals surface area contributed by atoms with Gasteiger partial charge in [-0.15, -0.1) is 0 Å². The third-order valence-corrected chi connectivity index (χ3v) is 2.89. The van der Waals surface area contributed by atoms with Crippen LogP contribution >= 0.6 is 0 Å². The van der Waals surface area contributed by atoms with Crippen molar-refractivity contribution in [2.45, 2.75) is 25.7 Å². The summed E-state index contributed by atoms with van der Waals surface area (Å²) in [6, 6.07) is 10.4. The molecule has 78 valence electrons. The molecule has 0 unspecified atom stereocenters. The van der Waals surface area contributed by atoms with Crippen molar-refractivity contribution < 1.29 is 4.79 Å². The molecule has 1 nitrogen and oxygen atoms in total. The summed E-state index contributed by atoms with van der Waals surface area (Å²) >= 11 is 0. The van der Waals surface area contributed by atoms with E-state index in [-0.39, 0.29) is 0 Å². The highest BCUT2D eigenvalue weighted by Crippen LogP contribution is 2.22. The van der Waals surface area contributed by atoms with Gasteiger partial charge in [-0.3, -0.25) is 4.79 Å². The molecule has 15 heavy (non-hydrogen) atoms. The van der Waals surface area contributed by atoms with Crippen molar-refractivity contribution in [3.63, 3.8) is 0 Å². The Morgan fingerprint density at radius 3 is 2.73 bits per heavy atom. The maximum absolute atomic E-state index is 11.1. The van der Waals surface area contributed by atoms with Gasteiger partial charge < -0.3 is 0 Å². The number of hydrogen-bond donors (Lipinski definition) is 0.